The zero-order valence-corrected chi connectivity index (χ0v) is 16.2. The smallest absolute Gasteiger partial charge is 0.194 e. The summed E-state index contributed by atoms with van der Waals surface area (Å²) in [6, 6.07) is 6.87. The summed E-state index contributed by atoms with van der Waals surface area (Å²) in [7, 11) is 4.03. The molecule has 0 amide bonds. The van der Waals surface area contributed by atoms with Crippen LogP contribution in [0.3, 0.4) is 0 Å². The summed E-state index contributed by atoms with van der Waals surface area (Å²) in [6.07, 6.45) is 2.31. The summed E-state index contributed by atoms with van der Waals surface area (Å²) in [5, 5.41) is 3.43. The maximum Gasteiger partial charge on any atom is 0.194 e. The highest BCUT2D eigenvalue weighted by Crippen LogP contribution is 2.38. The Balaban J connectivity index is 1.73. The van der Waals surface area contributed by atoms with Crippen molar-refractivity contribution in [2.45, 2.75) is 25.8 Å². The molecule has 0 aliphatic carbocycles. The first-order valence-corrected chi connectivity index (χ1v) is 9.56. The van der Waals surface area contributed by atoms with E-state index < -0.39 is 0 Å². The van der Waals surface area contributed by atoms with Crippen molar-refractivity contribution >= 4 is 5.96 Å². The molecule has 2 aliphatic heterocycles. The van der Waals surface area contributed by atoms with Crippen LogP contribution < -0.4 is 5.32 Å². The molecule has 1 aromatic rings. The summed E-state index contributed by atoms with van der Waals surface area (Å²) in [4.78, 5) is 9.36. The summed E-state index contributed by atoms with van der Waals surface area (Å²) in [6.45, 7) is 7.30. The lowest BCUT2D eigenvalue weighted by molar-refractivity contribution is 0.156. The molecule has 1 aromatic carbocycles. The fraction of sp³-hybridized carbons (Fsp3) is 0.650. The van der Waals surface area contributed by atoms with Crippen LogP contribution in [-0.2, 0) is 4.74 Å². The number of guanidine groups is 1. The third-order valence-electron chi connectivity index (χ3n) is 5.53. The fourth-order valence-corrected chi connectivity index (χ4v) is 3.97. The van der Waals surface area contributed by atoms with Gasteiger partial charge in [0.2, 0.25) is 0 Å². The number of benzene rings is 1. The van der Waals surface area contributed by atoms with Gasteiger partial charge in [-0.3, -0.25) is 4.99 Å². The van der Waals surface area contributed by atoms with E-state index in [4.69, 9.17) is 9.73 Å². The van der Waals surface area contributed by atoms with Gasteiger partial charge in [-0.25, -0.2) is 4.39 Å². The normalized spacial score (nSPS) is 24.7. The predicted molar refractivity (Wildman–Crippen MR) is 103 cm³/mol. The lowest BCUT2D eigenvalue weighted by Gasteiger charge is -2.27. The molecule has 0 saturated carbocycles. The zero-order valence-electron chi connectivity index (χ0n) is 16.2. The topological polar surface area (TPSA) is 40.1 Å². The first-order chi connectivity index (χ1) is 12.5. The van der Waals surface area contributed by atoms with Crippen molar-refractivity contribution in [2.75, 3.05) is 53.5 Å². The van der Waals surface area contributed by atoms with Crippen molar-refractivity contribution in [3.63, 3.8) is 0 Å². The molecule has 5 nitrogen and oxygen atoms in total. The Labute approximate surface area is 156 Å². The van der Waals surface area contributed by atoms with E-state index in [9.17, 15) is 4.39 Å². The van der Waals surface area contributed by atoms with E-state index in [2.05, 4.69) is 22.0 Å². The van der Waals surface area contributed by atoms with E-state index >= 15 is 0 Å². The molecular formula is C20H31FN4O. The molecule has 2 atom stereocenters. The van der Waals surface area contributed by atoms with E-state index in [1.807, 2.05) is 20.2 Å². The Hall–Kier alpha value is -1.66. The Morgan fingerprint density at radius 3 is 2.92 bits per heavy atom. The molecule has 2 fully saturated rings. The van der Waals surface area contributed by atoms with E-state index in [1.54, 1.807) is 12.1 Å². The second-order valence-electron chi connectivity index (χ2n) is 7.70. The van der Waals surface area contributed by atoms with Crippen LogP contribution in [0.25, 0.3) is 0 Å². The average molecular weight is 362 g/mol. The number of halogens is 1. The van der Waals surface area contributed by atoms with Gasteiger partial charge in [-0.05, 0) is 51.6 Å². The van der Waals surface area contributed by atoms with Crippen LogP contribution in [0.2, 0.25) is 0 Å². The van der Waals surface area contributed by atoms with E-state index in [-0.39, 0.29) is 11.9 Å². The van der Waals surface area contributed by atoms with E-state index in [1.165, 1.54) is 12.5 Å². The lowest BCUT2D eigenvalue weighted by Crippen LogP contribution is -2.42. The quantitative estimate of drug-likeness (QED) is 0.645. The van der Waals surface area contributed by atoms with Gasteiger partial charge in [0, 0.05) is 31.7 Å². The minimum Gasteiger partial charge on any atom is -0.381 e. The van der Waals surface area contributed by atoms with Crippen molar-refractivity contribution < 1.29 is 9.13 Å². The zero-order chi connectivity index (χ0) is 18.6. The molecule has 0 aromatic heterocycles. The summed E-state index contributed by atoms with van der Waals surface area (Å²) in [5.74, 6) is 0.757. The van der Waals surface area contributed by atoms with Crippen molar-refractivity contribution in [3.8, 4) is 0 Å². The van der Waals surface area contributed by atoms with Gasteiger partial charge in [0.15, 0.2) is 5.96 Å². The Kier molecular flexibility index (Phi) is 6.14. The fourth-order valence-electron chi connectivity index (χ4n) is 3.97. The van der Waals surface area contributed by atoms with Gasteiger partial charge in [-0.1, -0.05) is 12.1 Å². The van der Waals surface area contributed by atoms with Gasteiger partial charge in [0.1, 0.15) is 5.82 Å². The molecule has 0 bridgehead atoms. The molecule has 3 rings (SSSR count). The van der Waals surface area contributed by atoms with Gasteiger partial charge < -0.3 is 19.9 Å². The lowest BCUT2D eigenvalue weighted by atomic mass is 9.87. The molecule has 6 heteroatoms. The van der Waals surface area contributed by atoms with Crippen LogP contribution in [0.15, 0.2) is 29.3 Å². The molecule has 144 valence electrons. The van der Waals surface area contributed by atoms with Crippen LogP contribution in [0, 0.1) is 11.2 Å². The summed E-state index contributed by atoms with van der Waals surface area (Å²) >= 11 is 0. The molecule has 1 N–H and O–H groups in total. The largest absolute Gasteiger partial charge is 0.381 e. The Bertz CT molecular complexity index is 628. The van der Waals surface area contributed by atoms with Crippen molar-refractivity contribution in [1.82, 2.24) is 15.1 Å². The van der Waals surface area contributed by atoms with Gasteiger partial charge in [-0.15, -0.1) is 0 Å². The van der Waals surface area contributed by atoms with E-state index in [0.717, 1.165) is 50.8 Å². The number of hydrogen-bond acceptors (Lipinski definition) is 3. The molecule has 2 saturated heterocycles. The van der Waals surface area contributed by atoms with Crippen LogP contribution in [0.1, 0.15) is 31.4 Å². The number of aliphatic imine (C=N–C) groups is 1. The van der Waals surface area contributed by atoms with Crippen LogP contribution in [-0.4, -0.2) is 69.2 Å². The van der Waals surface area contributed by atoms with Crippen molar-refractivity contribution in [3.05, 3.63) is 35.6 Å². The molecule has 0 radical (unpaired) electrons. The van der Waals surface area contributed by atoms with Crippen LogP contribution in [0.4, 0.5) is 4.39 Å². The summed E-state index contributed by atoms with van der Waals surface area (Å²) < 4.78 is 19.3. The molecule has 2 unspecified atom stereocenters. The Morgan fingerprint density at radius 2 is 2.27 bits per heavy atom. The Morgan fingerprint density at radius 1 is 1.42 bits per heavy atom. The van der Waals surface area contributed by atoms with Gasteiger partial charge in [-0.2, -0.15) is 0 Å². The maximum atomic E-state index is 13.6. The second-order valence-corrected chi connectivity index (χ2v) is 7.70. The number of ether oxygens (including phenoxy) is 1. The third-order valence-corrected chi connectivity index (χ3v) is 5.53. The minimum absolute atomic E-state index is 0.0470. The summed E-state index contributed by atoms with van der Waals surface area (Å²) in [5.41, 5.74) is 1.26. The van der Waals surface area contributed by atoms with Crippen LogP contribution >= 0.6 is 0 Å². The number of nitrogens with zero attached hydrogens (tertiary/aromatic N) is 3. The molecule has 1 spiro atoms. The predicted octanol–water partition coefficient (Wildman–Crippen LogP) is 2.51. The number of hydrogen-bond donors (Lipinski definition) is 1. The van der Waals surface area contributed by atoms with Crippen molar-refractivity contribution in [1.29, 1.82) is 0 Å². The van der Waals surface area contributed by atoms with Gasteiger partial charge in [0.25, 0.3) is 0 Å². The number of nitrogens with one attached hydrogen (secondary N) is 1. The maximum absolute atomic E-state index is 13.6. The number of likely N-dealkylation sites (tertiary alicyclic amines) is 1. The second kappa shape index (κ2) is 8.35. The monoisotopic (exact) mass is 362 g/mol. The third kappa shape index (κ3) is 4.35. The molecular weight excluding hydrogens is 331 g/mol. The first kappa shape index (κ1) is 19.1. The highest BCUT2D eigenvalue weighted by molar-refractivity contribution is 5.80. The SMILES string of the molecule is CCNC(=NCC(c1cccc(F)c1)N(C)C)N1CCC2(CCOC2)C1. The van der Waals surface area contributed by atoms with Gasteiger partial charge in [0.05, 0.1) is 19.2 Å². The highest BCUT2D eigenvalue weighted by atomic mass is 19.1. The number of rotatable bonds is 5. The average Bonchev–Trinajstić information content (AvgIpc) is 3.24. The van der Waals surface area contributed by atoms with E-state index in [0.29, 0.717) is 12.0 Å². The molecule has 2 aliphatic rings. The first-order valence-electron chi connectivity index (χ1n) is 9.56. The van der Waals surface area contributed by atoms with Crippen LogP contribution in [0.5, 0.6) is 0 Å². The van der Waals surface area contributed by atoms with Gasteiger partial charge >= 0.3 is 0 Å². The minimum atomic E-state index is -0.201. The molecule has 2 heterocycles. The number of likely N-dealkylation sites (N-methyl/N-ethyl adjacent to an activating group) is 1. The standard InChI is InChI=1S/C20H31FN4O/c1-4-22-19(25-10-8-20(14-25)9-11-26-15-20)23-13-18(24(2)3)16-6-5-7-17(21)12-16/h5-7,12,18H,4,8-11,13-15H2,1-3H3,(H,22,23). The molecule has 26 heavy (non-hydrogen) atoms. The highest BCUT2D eigenvalue weighted by Gasteiger charge is 2.42. The van der Waals surface area contributed by atoms with Crippen molar-refractivity contribution in [2.24, 2.45) is 10.4 Å².